The molecule has 3 heterocycles. The molecule has 0 saturated carbocycles. The minimum atomic E-state index is 0.573. The predicted octanol–water partition coefficient (Wildman–Crippen LogP) is 2.68. The molecule has 3 rings (SSSR count). The van der Waals surface area contributed by atoms with Gasteiger partial charge in [-0.3, -0.25) is 0 Å². The quantitative estimate of drug-likeness (QED) is 0.752. The van der Waals surface area contributed by atoms with Gasteiger partial charge in [-0.1, -0.05) is 16.8 Å². The third-order valence-corrected chi connectivity index (χ3v) is 3.22. The highest BCUT2D eigenvalue weighted by atomic mass is 35.5. The van der Waals surface area contributed by atoms with E-state index >= 15 is 0 Å². The zero-order chi connectivity index (χ0) is 13.4. The van der Waals surface area contributed by atoms with E-state index in [1.54, 1.807) is 19.2 Å². The molecule has 3 aromatic rings. The standard InChI is InChI=1S/C11H10ClN5OS/c1-6-14-9(18-16-6)2-3-17-10-8(15-11(17)19)4-7(12)5-13-10/h4-5H,2-3H2,1H3,(H,15,19). The van der Waals surface area contributed by atoms with Crippen LogP contribution in [0, 0.1) is 11.7 Å². The molecule has 0 bridgehead atoms. The number of nitrogens with zero attached hydrogens (tertiary/aromatic N) is 4. The average Bonchev–Trinajstić information content (AvgIpc) is 2.89. The van der Waals surface area contributed by atoms with Crippen LogP contribution >= 0.6 is 23.8 Å². The van der Waals surface area contributed by atoms with Crippen LogP contribution in [0.3, 0.4) is 0 Å². The fourth-order valence-corrected chi connectivity index (χ4v) is 2.32. The summed E-state index contributed by atoms with van der Waals surface area (Å²) in [5.74, 6) is 1.21. The van der Waals surface area contributed by atoms with Crippen LogP contribution in [0.2, 0.25) is 5.02 Å². The summed E-state index contributed by atoms with van der Waals surface area (Å²) in [5, 5.41) is 4.32. The molecule has 0 aliphatic carbocycles. The molecule has 6 nitrogen and oxygen atoms in total. The van der Waals surface area contributed by atoms with Gasteiger partial charge in [0.25, 0.3) is 0 Å². The maximum absolute atomic E-state index is 5.90. The van der Waals surface area contributed by atoms with Crippen molar-refractivity contribution in [1.29, 1.82) is 0 Å². The summed E-state index contributed by atoms with van der Waals surface area (Å²) in [6, 6.07) is 1.80. The number of nitrogens with one attached hydrogen (secondary N) is 1. The molecule has 1 N–H and O–H groups in total. The van der Waals surface area contributed by atoms with E-state index in [1.165, 1.54) is 0 Å². The number of aryl methyl sites for hydroxylation is 3. The SMILES string of the molecule is Cc1noc(CCn2c(=S)[nH]c3cc(Cl)cnc32)n1. The Kier molecular flexibility index (Phi) is 3.08. The fourth-order valence-electron chi connectivity index (χ4n) is 1.87. The molecule has 0 aliphatic rings. The molecule has 0 spiro atoms. The number of aromatic amines is 1. The van der Waals surface area contributed by atoms with Crippen LogP contribution in [0.25, 0.3) is 11.2 Å². The van der Waals surface area contributed by atoms with Crippen molar-refractivity contribution in [1.82, 2.24) is 24.7 Å². The van der Waals surface area contributed by atoms with Crippen molar-refractivity contribution < 1.29 is 4.52 Å². The number of rotatable bonds is 3. The zero-order valence-corrected chi connectivity index (χ0v) is 11.6. The second-order valence-electron chi connectivity index (χ2n) is 4.09. The van der Waals surface area contributed by atoms with Crippen LogP contribution in [0.1, 0.15) is 11.7 Å². The molecule has 0 saturated heterocycles. The zero-order valence-electron chi connectivity index (χ0n) is 10.1. The van der Waals surface area contributed by atoms with Gasteiger partial charge in [-0.2, -0.15) is 4.98 Å². The van der Waals surface area contributed by atoms with Gasteiger partial charge in [-0.25, -0.2) is 4.98 Å². The molecular weight excluding hydrogens is 286 g/mol. The molecule has 0 radical (unpaired) electrons. The molecule has 98 valence electrons. The van der Waals surface area contributed by atoms with E-state index in [0.717, 1.165) is 11.2 Å². The minimum Gasteiger partial charge on any atom is -0.339 e. The Balaban J connectivity index is 1.92. The average molecular weight is 296 g/mol. The number of hydrogen-bond donors (Lipinski definition) is 1. The topological polar surface area (TPSA) is 72.5 Å². The normalized spacial score (nSPS) is 11.3. The van der Waals surface area contributed by atoms with Crippen molar-refractivity contribution in [3.63, 3.8) is 0 Å². The van der Waals surface area contributed by atoms with Crippen LogP contribution < -0.4 is 0 Å². The molecule has 0 fully saturated rings. The van der Waals surface area contributed by atoms with E-state index < -0.39 is 0 Å². The second-order valence-corrected chi connectivity index (χ2v) is 4.91. The number of imidazole rings is 1. The molecule has 0 unspecified atom stereocenters. The van der Waals surface area contributed by atoms with Crippen molar-refractivity contribution in [2.24, 2.45) is 0 Å². The van der Waals surface area contributed by atoms with Gasteiger partial charge < -0.3 is 14.1 Å². The third-order valence-electron chi connectivity index (χ3n) is 2.69. The largest absolute Gasteiger partial charge is 0.339 e. The summed E-state index contributed by atoms with van der Waals surface area (Å²) < 4.78 is 7.56. The Morgan fingerprint density at radius 2 is 2.37 bits per heavy atom. The van der Waals surface area contributed by atoms with Crippen LogP contribution in [-0.4, -0.2) is 24.7 Å². The number of hydrogen-bond acceptors (Lipinski definition) is 5. The Bertz CT molecular complexity index is 790. The minimum absolute atomic E-state index is 0.573. The Hall–Kier alpha value is -1.73. The summed E-state index contributed by atoms with van der Waals surface area (Å²) in [7, 11) is 0. The molecule has 19 heavy (non-hydrogen) atoms. The Labute approximate surface area is 118 Å². The van der Waals surface area contributed by atoms with Crippen LogP contribution in [-0.2, 0) is 13.0 Å². The van der Waals surface area contributed by atoms with Crippen molar-refractivity contribution in [2.75, 3.05) is 0 Å². The van der Waals surface area contributed by atoms with E-state index in [-0.39, 0.29) is 0 Å². The smallest absolute Gasteiger partial charge is 0.228 e. The van der Waals surface area contributed by atoms with Crippen molar-refractivity contribution >= 4 is 35.0 Å². The Morgan fingerprint density at radius 3 is 3.11 bits per heavy atom. The highest BCUT2D eigenvalue weighted by molar-refractivity contribution is 7.71. The van der Waals surface area contributed by atoms with Gasteiger partial charge in [0.05, 0.1) is 10.5 Å². The molecule has 0 amide bonds. The lowest BCUT2D eigenvalue weighted by Gasteiger charge is -2.00. The first kappa shape index (κ1) is 12.3. The lowest BCUT2D eigenvalue weighted by atomic mass is 10.4. The van der Waals surface area contributed by atoms with Gasteiger partial charge in [0.1, 0.15) is 0 Å². The molecule has 0 aromatic carbocycles. The first-order chi connectivity index (χ1) is 9.13. The number of fused-ring (bicyclic) bond motifs is 1. The van der Waals surface area contributed by atoms with Gasteiger partial charge in [0.15, 0.2) is 16.2 Å². The van der Waals surface area contributed by atoms with E-state index in [4.69, 9.17) is 28.3 Å². The van der Waals surface area contributed by atoms with E-state index in [9.17, 15) is 0 Å². The molecular formula is C11H10ClN5OS. The Morgan fingerprint density at radius 1 is 1.53 bits per heavy atom. The highest BCUT2D eigenvalue weighted by Gasteiger charge is 2.08. The molecule has 8 heteroatoms. The lowest BCUT2D eigenvalue weighted by Crippen LogP contribution is -2.02. The van der Waals surface area contributed by atoms with E-state index in [2.05, 4.69) is 20.1 Å². The van der Waals surface area contributed by atoms with Gasteiger partial charge in [0, 0.05) is 19.2 Å². The monoisotopic (exact) mass is 295 g/mol. The summed E-state index contributed by atoms with van der Waals surface area (Å²) >= 11 is 11.2. The summed E-state index contributed by atoms with van der Waals surface area (Å²) in [5.41, 5.74) is 1.59. The number of aromatic nitrogens is 5. The fraction of sp³-hybridized carbons (Fsp3) is 0.273. The molecule has 0 aliphatic heterocycles. The van der Waals surface area contributed by atoms with Gasteiger partial charge in [0.2, 0.25) is 5.89 Å². The predicted molar refractivity (Wildman–Crippen MR) is 72.7 cm³/mol. The van der Waals surface area contributed by atoms with Crippen molar-refractivity contribution in [3.8, 4) is 0 Å². The number of H-pyrrole nitrogens is 1. The van der Waals surface area contributed by atoms with Gasteiger partial charge in [-0.05, 0) is 25.2 Å². The van der Waals surface area contributed by atoms with Gasteiger partial charge >= 0.3 is 0 Å². The molecule has 0 atom stereocenters. The lowest BCUT2D eigenvalue weighted by molar-refractivity contribution is 0.368. The van der Waals surface area contributed by atoms with E-state index in [0.29, 0.717) is 34.5 Å². The third kappa shape index (κ3) is 2.39. The van der Waals surface area contributed by atoms with Crippen LogP contribution in [0.4, 0.5) is 0 Å². The summed E-state index contributed by atoms with van der Waals surface area (Å²) in [4.78, 5) is 11.5. The van der Waals surface area contributed by atoms with Crippen LogP contribution in [0.5, 0.6) is 0 Å². The maximum atomic E-state index is 5.90. The van der Waals surface area contributed by atoms with Gasteiger partial charge in [-0.15, -0.1) is 0 Å². The number of pyridine rings is 1. The van der Waals surface area contributed by atoms with Crippen LogP contribution in [0.15, 0.2) is 16.8 Å². The number of halogens is 1. The van der Waals surface area contributed by atoms with Crippen molar-refractivity contribution in [3.05, 3.63) is 33.8 Å². The van der Waals surface area contributed by atoms with E-state index in [1.807, 2.05) is 4.57 Å². The highest BCUT2D eigenvalue weighted by Crippen LogP contribution is 2.16. The van der Waals surface area contributed by atoms with Crippen molar-refractivity contribution in [2.45, 2.75) is 19.9 Å². The second kappa shape index (κ2) is 4.75. The molecule has 3 aromatic heterocycles. The maximum Gasteiger partial charge on any atom is 0.228 e. The summed E-state index contributed by atoms with van der Waals surface area (Å²) in [6.45, 7) is 2.41. The first-order valence-corrected chi connectivity index (χ1v) is 6.45. The first-order valence-electron chi connectivity index (χ1n) is 5.67. The summed E-state index contributed by atoms with van der Waals surface area (Å²) in [6.07, 6.45) is 2.20.